The second kappa shape index (κ2) is 5.73. The van der Waals surface area contributed by atoms with Gasteiger partial charge in [-0.1, -0.05) is 40.5 Å². The van der Waals surface area contributed by atoms with Crippen LogP contribution in [0, 0.1) is 23.7 Å². The molecule has 0 aliphatic heterocycles. The second-order valence-corrected chi connectivity index (χ2v) is 7.14. The van der Waals surface area contributed by atoms with Crippen LogP contribution in [-0.4, -0.2) is 12.1 Å². The van der Waals surface area contributed by atoms with Crippen molar-refractivity contribution in [2.45, 2.75) is 78.3 Å². The van der Waals surface area contributed by atoms with Crippen LogP contribution in [0.1, 0.15) is 66.2 Å². The van der Waals surface area contributed by atoms with Crippen molar-refractivity contribution in [1.29, 1.82) is 0 Å². The van der Waals surface area contributed by atoms with Gasteiger partial charge in [0.2, 0.25) is 0 Å². The standard InChI is InChI=1S/C16H31N/c1-11(2)13-9-14(10-13)17-16-8-6-5-7-15(16)12(3)4/h11-17H,5-10H2,1-4H3. The summed E-state index contributed by atoms with van der Waals surface area (Å²) in [5.41, 5.74) is 0. The summed E-state index contributed by atoms with van der Waals surface area (Å²) < 4.78 is 0. The van der Waals surface area contributed by atoms with Crippen molar-refractivity contribution in [3.8, 4) is 0 Å². The van der Waals surface area contributed by atoms with Crippen molar-refractivity contribution in [2.24, 2.45) is 23.7 Å². The molecular formula is C16H31N. The van der Waals surface area contributed by atoms with Crippen molar-refractivity contribution in [3.63, 3.8) is 0 Å². The van der Waals surface area contributed by atoms with Gasteiger partial charge < -0.3 is 5.32 Å². The minimum atomic E-state index is 0.821. The molecule has 0 bridgehead atoms. The summed E-state index contributed by atoms with van der Waals surface area (Å²) in [4.78, 5) is 0. The van der Waals surface area contributed by atoms with Crippen LogP contribution < -0.4 is 5.32 Å². The molecule has 0 amide bonds. The van der Waals surface area contributed by atoms with Crippen LogP contribution in [0.2, 0.25) is 0 Å². The second-order valence-electron chi connectivity index (χ2n) is 7.14. The van der Waals surface area contributed by atoms with Crippen molar-refractivity contribution < 1.29 is 0 Å². The van der Waals surface area contributed by atoms with E-state index in [4.69, 9.17) is 0 Å². The molecule has 0 radical (unpaired) electrons. The summed E-state index contributed by atoms with van der Waals surface area (Å²) in [7, 11) is 0. The summed E-state index contributed by atoms with van der Waals surface area (Å²) in [6, 6.07) is 1.66. The number of hydrogen-bond donors (Lipinski definition) is 1. The van der Waals surface area contributed by atoms with Crippen molar-refractivity contribution in [2.75, 3.05) is 0 Å². The van der Waals surface area contributed by atoms with Gasteiger partial charge in [-0.3, -0.25) is 0 Å². The van der Waals surface area contributed by atoms with Crippen LogP contribution in [0.15, 0.2) is 0 Å². The predicted molar refractivity (Wildman–Crippen MR) is 75.1 cm³/mol. The molecule has 2 aliphatic rings. The smallest absolute Gasteiger partial charge is 0.0100 e. The van der Waals surface area contributed by atoms with Gasteiger partial charge in [0.05, 0.1) is 0 Å². The Labute approximate surface area is 108 Å². The van der Waals surface area contributed by atoms with Crippen LogP contribution in [0.3, 0.4) is 0 Å². The first-order valence-corrected chi connectivity index (χ1v) is 7.84. The maximum absolute atomic E-state index is 3.97. The average Bonchev–Trinajstić information content (AvgIpc) is 2.22. The highest BCUT2D eigenvalue weighted by Gasteiger charge is 2.35. The zero-order valence-corrected chi connectivity index (χ0v) is 12.2. The van der Waals surface area contributed by atoms with Crippen molar-refractivity contribution >= 4 is 0 Å². The Morgan fingerprint density at radius 2 is 1.53 bits per heavy atom. The van der Waals surface area contributed by atoms with Gasteiger partial charge in [-0.25, -0.2) is 0 Å². The molecule has 1 N–H and O–H groups in total. The van der Waals surface area contributed by atoms with Crippen LogP contribution in [-0.2, 0) is 0 Å². The fourth-order valence-corrected chi connectivity index (χ4v) is 3.81. The van der Waals surface area contributed by atoms with Gasteiger partial charge in [0.15, 0.2) is 0 Å². The van der Waals surface area contributed by atoms with E-state index in [-0.39, 0.29) is 0 Å². The molecule has 2 rings (SSSR count). The summed E-state index contributed by atoms with van der Waals surface area (Å²) in [5, 5.41) is 3.97. The third-order valence-electron chi connectivity index (χ3n) is 5.24. The summed E-state index contributed by atoms with van der Waals surface area (Å²) in [6.07, 6.45) is 8.64. The number of nitrogens with one attached hydrogen (secondary N) is 1. The fourth-order valence-electron chi connectivity index (χ4n) is 3.81. The minimum absolute atomic E-state index is 0.821. The van der Waals surface area contributed by atoms with Gasteiger partial charge >= 0.3 is 0 Å². The largest absolute Gasteiger partial charge is 0.311 e. The first-order valence-electron chi connectivity index (χ1n) is 7.84. The molecule has 2 unspecified atom stereocenters. The normalized spacial score (nSPS) is 38.5. The molecule has 0 aromatic heterocycles. The van der Waals surface area contributed by atoms with E-state index >= 15 is 0 Å². The Bertz CT molecular complexity index is 228. The minimum Gasteiger partial charge on any atom is -0.311 e. The molecule has 0 aromatic rings. The molecule has 0 aromatic carbocycles. The topological polar surface area (TPSA) is 12.0 Å². The van der Waals surface area contributed by atoms with E-state index in [1.54, 1.807) is 0 Å². The van der Waals surface area contributed by atoms with Crippen molar-refractivity contribution in [3.05, 3.63) is 0 Å². The van der Waals surface area contributed by atoms with Gasteiger partial charge in [-0.2, -0.15) is 0 Å². The Morgan fingerprint density at radius 1 is 0.882 bits per heavy atom. The van der Waals surface area contributed by atoms with Gasteiger partial charge in [0, 0.05) is 12.1 Å². The third kappa shape index (κ3) is 3.24. The Morgan fingerprint density at radius 3 is 2.12 bits per heavy atom. The van der Waals surface area contributed by atoms with Gasteiger partial charge in [0.1, 0.15) is 0 Å². The molecule has 2 aliphatic carbocycles. The molecule has 0 saturated heterocycles. The lowest BCUT2D eigenvalue weighted by atomic mass is 9.71. The SMILES string of the molecule is CC(C)C1CC(NC2CCCCC2C(C)C)C1. The lowest BCUT2D eigenvalue weighted by molar-refractivity contribution is 0.117. The van der Waals surface area contributed by atoms with Crippen LogP contribution >= 0.6 is 0 Å². The molecule has 0 spiro atoms. The zero-order chi connectivity index (χ0) is 12.4. The fraction of sp³-hybridized carbons (Fsp3) is 1.00. The molecule has 2 atom stereocenters. The first-order chi connectivity index (χ1) is 8.08. The van der Waals surface area contributed by atoms with E-state index < -0.39 is 0 Å². The molecule has 0 heterocycles. The summed E-state index contributed by atoms with van der Waals surface area (Å²) in [6.45, 7) is 9.56. The van der Waals surface area contributed by atoms with E-state index in [1.165, 1.54) is 38.5 Å². The Hall–Kier alpha value is -0.0400. The lowest BCUT2D eigenvalue weighted by Crippen LogP contribution is -2.51. The highest BCUT2D eigenvalue weighted by atomic mass is 15.0. The molecule has 2 fully saturated rings. The van der Waals surface area contributed by atoms with E-state index in [2.05, 4.69) is 33.0 Å². The average molecular weight is 237 g/mol. The molecule has 100 valence electrons. The van der Waals surface area contributed by atoms with Crippen LogP contribution in [0.5, 0.6) is 0 Å². The molecule has 17 heavy (non-hydrogen) atoms. The number of rotatable bonds is 4. The third-order valence-corrected chi connectivity index (χ3v) is 5.24. The van der Waals surface area contributed by atoms with Gasteiger partial charge in [0.25, 0.3) is 0 Å². The van der Waals surface area contributed by atoms with E-state index in [9.17, 15) is 0 Å². The predicted octanol–water partition coefficient (Wildman–Crippen LogP) is 4.23. The Kier molecular flexibility index (Phi) is 4.52. The maximum atomic E-state index is 3.97. The maximum Gasteiger partial charge on any atom is 0.0100 e. The highest BCUT2D eigenvalue weighted by molar-refractivity contribution is 4.92. The zero-order valence-electron chi connectivity index (χ0n) is 12.2. The van der Waals surface area contributed by atoms with E-state index in [0.29, 0.717) is 0 Å². The molecular weight excluding hydrogens is 206 g/mol. The van der Waals surface area contributed by atoms with Gasteiger partial charge in [-0.05, 0) is 49.4 Å². The first kappa shape index (κ1) is 13.4. The monoisotopic (exact) mass is 237 g/mol. The highest BCUT2D eigenvalue weighted by Crippen LogP contribution is 2.36. The molecule has 2 saturated carbocycles. The van der Waals surface area contributed by atoms with Crippen molar-refractivity contribution in [1.82, 2.24) is 5.32 Å². The lowest BCUT2D eigenvalue weighted by Gasteiger charge is -2.44. The van der Waals surface area contributed by atoms with E-state index in [0.717, 1.165) is 35.8 Å². The van der Waals surface area contributed by atoms with Crippen LogP contribution in [0.4, 0.5) is 0 Å². The Balaban J connectivity index is 1.78. The quantitative estimate of drug-likeness (QED) is 0.771. The molecule has 1 heteroatoms. The molecule has 1 nitrogen and oxygen atoms in total. The number of hydrogen-bond acceptors (Lipinski definition) is 1. The van der Waals surface area contributed by atoms with Gasteiger partial charge in [-0.15, -0.1) is 0 Å². The van der Waals surface area contributed by atoms with Crippen LogP contribution in [0.25, 0.3) is 0 Å². The van der Waals surface area contributed by atoms with E-state index in [1.807, 2.05) is 0 Å². The summed E-state index contributed by atoms with van der Waals surface area (Å²) in [5.74, 6) is 3.67. The summed E-state index contributed by atoms with van der Waals surface area (Å²) >= 11 is 0.